The molecular weight excluding hydrogens is 286 g/mol. The lowest BCUT2D eigenvalue weighted by Gasteiger charge is -2.09. The molecule has 0 aliphatic carbocycles. The highest BCUT2D eigenvalue weighted by Crippen LogP contribution is 2.15. The van der Waals surface area contributed by atoms with Crippen LogP contribution in [0.25, 0.3) is 0 Å². The molecule has 0 saturated carbocycles. The van der Waals surface area contributed by atoms with Crippen LogP contribution >= 0.6 is 0 Å². The van der Waals surface area contributed by atoms with Gasteiger partial charge in [-0.2, -0.15) is 0 Å². The molecule has 0 heterocycles. The Morgan fingerprint density at radius 2 is 2.05 bits per heavy atom. The maximum atomic E-state index is 12.2. The van der Waals surface area contributed by atoms with Gasteiger partial charge < -0.3 is 5.11 Å². The average molecular weight is 309 g/mol. The third kappa shape index (κ3) is 5.88. The molecule has 0 saturated heterocycles. The van der Waals surface area contributed by atoms with Crippen molar-refractivity contribution in [2.75, 3.05) is 13.2 Å². The zero-order valence-corrected chi connectivity index (χ0v) is 13.6. The quantitative estimate of drug-likeness (QED) is 0.624. The molecule has 0 aromatic heterocycles. The molecule has 0 radical (unpaired) electrons. The van der Waals surface area contributed by atoms with E-state index in [1.54, 1.807) is 25.1 Å². The Bertz CT molecular complexity index is 625. The number of rotatable bonds is 6. The Kier molecular flexibility index (Phi) is 6.90. The minimum absolute atomic E-state index is 0.211. The molecule has 1 aromatic rings. The first kappa shape index (κ1) is 17.7. The predicted octanol–water partition coefficient (Wildman–Crippen LogP) is 2.05. The fourth-order valence-electron chi connectivity index (χ4n) is 1.88. The summed E-state index contributed by atoms with van der Waals surface area (Å²) in [6, 6.07) is 4.81. The molecule has 0 fully saturated rings. The van der Waals surface area contributed by atoms with Crippen LogP contribution in [-0.4, -0.2) is 26.7 Å². The molecule has 0 aliphatic heterocycles. The van der Waals surface area contributed by atoms with E-state index in [0.29, 0.717) is 12.5 Å². The number of nitrogens with one attached hydrogen (secondary N) is 1. The second-order valence-corrected chi connectivity index (χ2v) is 7.14. The average Bonchev–Trinajstić information content (AvgIpc) is 2.42. The van der Waals surface area contributed by atoms with Crippen LogP contribution in [0.4, 0.5) is 0 Å². The summed E-state index contributed by atoms with van der Waals surface area (Å²) >= 11 is 0. The van der Waals surface area contributed by atoms with Gasteiger partial charge in [0.2, 0.25) is 10.0 Å². The van der Waals surface area contributed by atoms with Crippen molar-refractivity contribution in [3.63, 3.8) is 0 Å². The number of benzene rings is 1. The Hall–Kier alpha value is -1.35. The number of aryl methyl sites for hydroxylation is 1. The van der Waals surface area contributed by atoms with Crippen molar-refractivity contribution in [3.05, 3.63) is 29.3 Å². The zero-order chi connectivity index (χ0) is 15.9. The summed E-state index contributed by atoms with van der Waals surface area (Å²) in [5, 5.41) is 8.68. The van der Waals surface area contributed by atoms with Gasteiger partial charge in [0.25, 0.3) is 0 Å². The molecule has 2 N–H and O–H groups in total. The molecule has 1 rings (SSSR count). The molecule has 5 heteroatoms. The van der Waals surface area contributed by atoms with E-state index in [-0.39, 0.29) is 11.5 Å². The van der Waals surface area contributed by atoms with Crippen LogP contribution in [0.2, 0.25) is 0 Å². The molecule has 0 atom stereocenters. The summed E-state index contributed by atoms with van der Waals surface area (Å²) < 4.78 is 27.0. The standard InChI is InChI=1S/C16H23NO3S/c1-13(2)6-4-10-17-21(19,20)16-9-8-15(7-5-11-18)14(3)12-16/h8-9,12-13,17-18H,4,6,10-11H2,1-3H3. The number of sulfonamides is 1. The third-order valence-corrected chi connectivity index (χ3v) is 4.52. The lowest BCUT2D eigenvalue weighted by atomic mass is 10.1. The molecule has 4 nitrogen and oxygen atoms in total. The van der Waals surface area contributed by atoms with E-state index < -0.39 is 10.0 Å². The van der Waals surface area contributed by atoms with E-state index in [9.17, 15) is 8.42 Å². The molecule has 0 amide bonds. The first-order valence-electron chi connectivity index (χ1n) is 7.07. The summed E-state index contributed by atoms with van der Waals surface area (Å²) in [5.74, 6) is 5.92. The summed E-state index contributed by atoms with van der Waals surface area (Å²) in [7, 11) is -3.47. The third-order valence-electron chi connectivity index (χ3n) is 3.06. The van der Waals surface area contributed by atoms with E-state index in [0.717, 1.165) is 24.0 Å². The summed E-state index contributed by atoms with van der Waals surface area (Å²) in [5.41, 5.74) is 1.50. The number of aliphatic hydroxyl groups excluding tert-OH is 1. The van der Waals surface area contributed by atoms with Crippen molar-refractivity contribution in [1.29, 1.82) is 0 Å². The summed E-state index contributed by atoms with van der Waals surface area (Å²) in [6.07, 6.45) is 1.83. The highest BCUT2D eigenvalue weighted by Gasteiger charge is 2.14. The highest BCUT2D eigenvalue weighted by atomic mass is 32.2. The van der Waals surface area contributed by atoms with Gasteiger partial charge >= 0.3 is 0 Å². The Morgan fingerprint density at radius 1 is 1.33 bits per heavy atom. The summed E-state index contributed by atoms with van der Waals surface area (Å²) in [4.78, 5) is 0.249. The zero-order valence-electron chi connectivity index (χ0n) is 12.8. The van der Waals surface area contributed by atoms with E-state index >= 15 is 0 Å². The molecule has 1 aromatic carbocycles. The van der Waals surface area contributed by atoms with Crippen molar-refractivity contribution in [2.45, 2.75) is 38.5 Å². The van der Waals surface area contributed by atoms with Gasteiger partial charge in [-0.05, 0) is 49.4 Å². The summed E-state index contributed by atoms with van der Waals surface area (Å²) in [6.45, 7) is 6.27. The normalized spacial score (nSPS) is 11.3. The van der Waals surface area contributed by atoms with Crippen molar-refractivity contribution in [3.8, 4) is 11.8 Å². The van der Waals surface area contributed by atoms with Crippen molar-refractivity contribution in [2.24, 2.45) is 5.92 Å². The van der Waals surface area contributed by atoms with Crippen LogP contribution in [0, 0.1) is 24.7 Å². The van der Waals surface area contributed by atoms with Gasteiger partial charge in [-0.3, -0.25) is 0 Å². The Balaban J connectivity index is 2.77. The van der Waals surface area contributed by atoms with Crippen molar-refractivity contribution < 1.29 is 13.5 Å². The predicted molar refractivity (Wildman–Crippen MR) is 84.4 cm³/mol. The van der Waals surface area contributed by atoms with Crippen molar-refractivity contribution >= 4 is 10.0 Å². The topological polar surface area (TPSA) is 66.4 Å². The van der Waals surface area contributed by atoms with Crippen LogP contribution in [0.1, 0.15) is 37.8 Å². The first-order valence-corrected chi connectivity index (χ1v) is 8.55. The van der Waals surface area contributed by atoms with Crippen LogP contribution < -0.4 is 4.72 Å². The van der Waals surface area contributed by atoms with Gasteiger partial charge in [0, 0.05) is 12.1 Å². The second-order valence-electron chi connectivity index (χ2n) is 5.37. The smallest absolute Gasteiger partial charge is 0.240 e. The molecule has 0 bridgehead atoms. The van der Waals surface area contributed by atoms with Gasteiger partial charge in [-0.15, -0.1) is 0 Å². The molecule has 116 valence electrons. The molecule has 0 aliphatic rings. The highest BCUT2D eigenvalue weighted by molar-refractivity contribution is 7.89. The SMILES string of the molecule is Cc1cc(S(=O)(=O)NCCCC(C)C)ccc1C#CCO. The molecule has 0 unspecified atom stereocenters. The maximum absolute atomic E-state index is 12.2. The van der Waals surface area contributed by atoms with E-state index in [2.05, 4.69) is 30.4 Å². The lowest BCUT2D eigenvalue weighted by Crippen LogP contribution is -2.25. The lowest BCUT2D eigenvalue weighted by molar-refractivity contribution is 0.350. The van der Waals surface area contributed by atoms with Gasteiger partial charge in [0.1, 0.15) is 6.61 Å². The van der Waals surface area contributed by atoms with Gasteiger partial charge in [-0.25, -0.2) is 13.1 Å². The van der Waals surface area contributed by atoms with E-state index in [1.807, 2.05) is 0 Å². The van der Waals surface area contributed by atoms with Crippen molar-refractivity contribution in [1.82, 2.24) is 4.72 Å². The van der Waals surface area contributed by atoms with E-state index in [4.69, 9.17) is 5.11 Å². The molecule has 0 spiro atoms. The molecular formula is C16H23NO3S. The fraction of sp³-hybridized carbons (Fsp3) is 0.500. The van der Waals surface area contributed by atoms with Gasteiger partial charge in [0.15, 0.2) is 0 Å². The maximum Gasteiger partial charge on any atom is 0.240 e. The van der Waals surface area contributed by atoms with Crippen LogP contribution in [-0.2, 0) is 10.0 Å². The van der Waals surface area contributed by atoms with Gasteiger partial charge in [0.05, 0.1) is 4.90 Å². The number of hydrogen-bond acceptors (Lipinski definition) is 3. The second kappa shape index (κ2) is 8.18. The monoisotopic (exact) mass is 309 g/mol. The largest absolute Gasteiger partial charge is 0.384 e. The Labute approximate surface area is 127 Å². The first-order chi connectivity index (χ1) is 9.86. The molecule has 21 heavy (non-hydrogen) atoms. The van der Waals surface area contributed by atoms with Crippen LogP contribution in [0.15, 0.2) is 23.1 Å². The van der Waals surface area contributed by atoms with Crippen LogP contribution in [0.5, 0.6) is 0 Å². The minimum atomic E-state index is -3.47. The fourth-order valence-corrected chi connectivity index (χ4v) is 3.04. The van der Waals surface area contributed by atoms with Crippen LogP contribution in [0.3, 0.4) is 0 Å². The Morgan fingerprint density at radius 3 is 2.62 bits per heavy atom. The number of hydrogen-bond donors (Lipinski definition) is 2. The van der Waals surface area contributed by atoms with Gasteiger partial charge in [-0.1, -0.05) is 25.7 Å². The number of aliphatic hydroxyl groups is 1. The minimum Gasteiger partial charge on any atom is -0.384 e. The van der Waals surface area contributed by atoms with E-state index in [1.165, 1.54) is 0 Å².